The molecule has 1 unspecified atom stereocenters. The van der Waals surface area contributed by atoms with Crippen molar-refractivity contribution < 1.29 is 14.3 Å². The molecule has 0 aliphatic carbocycles. The Morgan fingerprint density at radius 2 is 1.88 bits per heavy atom. The first-order valence-corrected chi connectivity index (χ1v) is 10.7. The lowest BCUT2D eigenvalue weighted by Gasteiger charge is -2.19. The van der Waals surface area contributed by atoms with Gasteiger partial charge in [0.25, 0.3) is 5.56 Å². The Labute approximate surface area is 194 Å². The molecule has 10 nitrogen and oxygen atoms in total. The van der Waals surface area contributed by atoms with E-state index in [-0.39, 0.29) is 24.3 Å². The van der Waals surface area contributed by atoms with E-state index in [1.165, 1.54) is 24.5 Å². The van der Waals surface area contributed by atoms with E-state index in [1.54, 1.807) is 22.9 Å². The summed E-state index contributed by atoms with van der Waals surface area (Å²) < 4.78 is 7.94. The van der Waals surface area contributed by atoms with Gasteiger partial charge in [-0.15, -0.1) is 0 Å². The third kappa shape index (κ3) is 3.68. The number of fused-ring (bicyclic) bond motifs is 1. The maximum absolute atomic E-state index is 13.0. The quantitative estimate of drug-likeness (QED) is 0.490. The summed E-state index contributed by atoms with van der Waals surface area (Å²) in [6.45, 7) is 2.17. The number of aryl methyl sites for hydroxylation is 1. The molecule has 1 N–H and O–H groups in total. The van der Waals surface area contributed by atoms with Gasteiger partial charge in [0.15, 0.2) is 5.65 Å². The molecule has 0 bridgehead atoms. The minimum Gasteiger partial charge on any atom is -0.495 e. The second-order valence-electron chi connectivity index (χ2n) is 8.10. The third-order valence-electron chi connectivity index (χ3n) is 5.87. The van der Waals surface area contributed by atoms with Crippen LogP contribution in [0.2, 0.25) is 0 Å². The summed E-state index contributed by atoms with van der Waals surface area (Å²) >= 11 is 0. The van der Waals surface area contributed by atoms with Gasteiger partial charge >= 0.3 is 0 Å². The van der Waals surface area contributed by atoms with Gasteiger partial charge < -0.3 is 9.64 Å². The Balaban J connectivity index is 1.37. The Morgan fingerprint density at radius 1 is 1.12 bits per heavy atom. The fourth-order valence-electron chi connectivity index (χ4n) is 4.05. The van der Waals surface area contributed by atoms with Crippen molar-refractivity contribution in [2.24, 2.45) is 5.92 Å². The molecule has 10 heteroatoms. The number of ether oxygens (including phenoxy) is 1. The average Bonchev–Trinajstić information content (AvgIpc) is 3.45. The van der Waals surface area contributed by atoms with Crippen LogP contribution in [-0.2, 0) is 9.59 Å². The van der Waals surface area contributed by atoms with E-state index in [0.717, 1.165) is 15.9 Å². The molecule has 172 valence electrons. The first-order valence-electron chi connectivity index (χ1n) is 10.7. The first kappa shape index (κ1) is 21.4. The largest absolute Gasteiger partial charge is 0.495 e. The highest BCUT2D eigenvalue weighted by molar-refractivity contribution is 6.02. The SMILES string of the molecule is COc1ccccc1N1CC(C(=O)Nn2cnc3c(cnn3-c3ccc(C)cc3)c2=O)CC1=O. The van der Waals surface area contributed by atoms with E-state index < -0.39 is 17.4 Å². The molecule has 2 aromatic heterocycles. The zero-order valence-corrected chi connectivity index (χ0v) is 18.6. The molecule has 5 rings (SSSR count). The number of aromatic nitrogens is 4. The summed E-state index contributed by atoms with van der Waals surface area (Å²) in [6.07, 6.45) is 2.71. The van der Waals surface area contributed by atoms with Crippen LogP contribution in [0.5, 0.6) is 5.75 Å². The Hall–Kier alpha value is -4.47. The van der Waals surface area contributed by atoms with Crippen molar-refractivity contribution in [3.63, 3.8) is 0 Å². The molecule has 0 saturated carbocycles. The van der Waals surface area contributed by atoms with Crippen LogP contribution in [0, 0.1) is 12.8 Å². The number of methoxy groups -OCH3 is 1. The molecule has 1 aliphatic rings. The lowest BCUT2D eigenvalue weighted by atomic mass is 10.1. The van der Waals surface area contributed by atoms with Crippen molar-refractivity contribution in [1.29, 1.82) is 0 Å². The number of hydrogen-bond donors (Lipinski definition) is 1. The van der Waals surface area contributed by atoms with Crippen molar-refractivity contribution in [1.82, 2.24) is 19.4 Å². The molecule has 2 aromatic carbocycles. The van der Waals surface area contributed by atoms with Crippen LogP contribution in [0.4, 0.5) is 5.69 Å². The number of carbonyl (C=O) groups is 2. The summed E-state index contributed by atoms with van der Waals surface area (Å²) in [5.74, 6) is -0.714. The highest BCUT2D eigenvalue weighted by Gasteiger charge is 2.36. The van der Waals surface area contributed by atoms with Gasteiger partial charge in [0.2, 0.25) is 11.8 Å². The van der Waals surface area contributed by atoms with E-state index >= 15 is 0 Å². The van der Waals surface area contributed by atoms with Gasteiger partial charge in [0, 0.05) is 13.0 Å². The fourth-order valence-corrected chi connectivity index (χ4v) is 4.05. The molecule has 4 aromatic rings. The summed E-state index contributed by atoms with van der Waals surface area (Å²) in [5.41, 5.74) is 4.99. The second-order valence-corrected chi connectivity index (χ2v) is 8.10. The molecule has 1 aliphatic heterocycles. The van der Waals surface area contributed by atoms with Gasteiger partial charge in [-0.25, -0.2) is 14.3 Å². The Morgan fingerprint density at radius 3 is 2.65 bits per heavy atom. The molecule has 2 amide bonds. The van der Waals surface area contributed by atoms with Crippen molar-refractivity contribution in [2.75, 3.05) is 24.0 Å². The van der Waals surface area contributed by atoms with E-state index in [0.29, 0.717) is 17.1 Å². The van der Waals surface area contributed by atoms with E-state index in [1.807, 2.05) is 37.3 Å². The molecular weight excluding hydrogens is 436 g/mol. The summed E-state index contributed by atoms with van der Waals surface area (Å²) in [7, 11) is 1.53. The highest BCUT2D eigenvalue weighted by Crippen LogP contribution is 2.32. The molecule has 34 heavy (non-hydrogen) atoms. The highest BCUT2D eigenvalue weighted by atomic mass is 16.5. The second kappa shape index (κ2) is 8.47. The van der Waals surface area contributed by atoms with Gasteiger partial charge in [0.1, 0.15) is 17.5 Å². The normalized spacial score (nSPS) is 15.6. The lowest BCUT2D eigenvalue weighted by Crippen LogP contribution is -2.37. The van der Waals surface area contributed by atoms with Gasteiger partial charge in [-0.3, -0.25) is 19.8 Å². The predicted octanol–water partition coefficient (Wildman–Crippen LogP) is 2.02. The Kier molecular flexibility index (Phi) is 5.33. The number of hydrogen-bond acceptors (Lipinski definition) is 6. The molecule has 1 saturated heterocycles. The van der Waals surface area contributed by atoms with Gasteiger partial charge in [-0.1, -0.05) is 29.8 Å². The van der Waals surface area contributed by atoms with Gasteiger partial charge in [0.05, 0.1) is 30.6 Å². The number of amides is 2. The topological polar surface area (TPSA) is 111 Å². The number of carbonyl (C=O) groups excluding carboxylic acids is 2. The van der Waals surface area contributed by atoms with Crippen molar-refractivity contribution >= 4 is 28.5 Å². The van der Waals surface area contributed by atoms with Crippen molar-refractivity contribution in [3.8, 4) is 11.4 Å². The minimum atomic E-state index is -0.629. The zero-order valence-electron chi connectivity index (χ0n) is 18.6. The van der Waals surface area contributed by atoms with Crippen molar-refractivity contribution in [3.05, 3.63) is 77.0 Å². The number of nitrogens with one attached hydrogen (secondary N) is 1. The van der Waals surface area contributed by atoms with Crippen LogP contribution >= 0.6 is 0 Å². The monoisotopic (exact) mass is 458 g/mol. The molecular formula is C24H22N6O4. The summed E-state index contributed by atoms with van der Waals surface area (Å²) in [5, 5.41) is 4.55. The number of benzene rings is 2. The fraction of sp³-hybridized carbons (Fsp3) is 0.208. The summed E-state index contributed by atoms with van der Waals surface area (Å²) in [6, 6.07) is 14.8. The molecule has 0 radical (unpaired) electrons. The smallest absolute Gasteiger partial charge is 0.283 e. The number of anilines is 1. The predicted molar refractivity (Wildman–Crippen MR) is 126 cm³/mol. The lowest BCUT2D eigenvalue weighted by molar-refractivity contribution is -0.123. The zero-order chi connectivity index (χ0) is 23.8. The van der Waals surface area contributed by atoms with Crippen LogP contribution in [0.3, 0.4) is 0 Å². The standard InChI is InChI=1S/C24H22N6O4/c1-15-7-9-17(10-8-15)30-22-18(12-26-30)24(33)29(14-25-22)27-23(32)16-11-21(31)28(13-16)19-5-3-4-6-20(19)34-2/h3-10,12,14,16H,11,13H2,1-2H3,(H,27,32). The molecule has 3 heterocycles. The van der Waals surface area contributed by atoms with Gasteiger partial charge in [-0.2, -0.15) is 5.10 Å². The molecule has 0 spiro atoms. The number of nitrogens with zero attached hydrogens (tertiary/aromatic N) is 5. The molecule has 1 atom stereocenters. The van der Waals surface area contributed by atoms with Crippen LogP contribution in [0.25, 0.3) is 16.7 Å². The minimum absolute atomic E-state index is 0.0274. The maximum Gasteiger partial charge on any atom is 0.283 e. The Bertz CT molecular complexity index is 1460. The first-order chi connectivity index (χ1) is 16.5. The number of para-hydroxylation sites is 2. The average molecular weight is 458 g/mol. The summed E-state index contributed by atoms with van der Waals surface area (Å²) in [4.78, 5) is 44.4. The van der Waals surface area contributed by atoms with E-state index in [4.69, 9.17) is 4.74 Å². The van der Waals surface area contributed by atoms with Gasteiger partial charge in [-0.05, 0) is 31.2 Å². The van der Waals surface area contributed by atoms with Crippen LogP contribution < -0.4 is 20.6 Å². The van der Waals surface area contributed by atoms with E-state index in [2.05, 4.69) is 15.5 Å². The van der Waals surface area contributed by atoms with Crippen LogP contribution in [-0.4, -0.2) is 44.9 Å². The van der Waals surface area contributed by atoms with E-state index in [9.17, 15) is 14.4 Å². The maximum atomic E-state index is 13.0. The number of rotatable bonds is 5. The van der Waals surface area contributed by atoms with Crippen LogP contribution in [0.15, 0.2) is 65.8 Å². The van der Waals surface area contributed by atoms with Crippen LogP contribution in [0.1, 0.15) is 12.0 Å². The molecule has 1 fully saturated rings. The third-order valence-corrected chi connectivity index (χ3v) is 5.87. The van der Waals surface area contributed by atoms with Crippen molar-refractivity contribution in [2.45, 2.75) is 13.3 Å².